The number of aliphatic hydroxyl groups is 1. The monoisotopic (exact) mass is 439 g/mol. The molecule has 0 unspecified atom stereocenters. The zero-order valence-corrected chi connectivity index (χ0v) is 16.3. The molecule has 0 saturated carbocycles. The topological polar surface area (TPSA) is 106 Å². The molecular weight excluding hydrogens is 417 g/mol. The van der Waals surface area contributed by atoms with Crippen LogP contribution in [0.15, 0.2) is 77.7 Å². The van der Waals surface area contributed by atoms with E-state index in [0.717, 1.165) is 11.1 Å². The van der Waals surface area contributed by atoms with Crippen molar-refractivity contribution in [2.75, 3.05) is 5.75 Å². The van der Waals surface area contributed by atoms with E-state index in [-0.39, 0.29) is 47.5 Å². The molecule has 154 valence electrons. The van der Waals surface area contributed by atoms with Gasteiger partial charge in [0.05, 0.1) is 18.6 Å². The number of hydrogen-bond donors (Lipinski definition) is 2. The summed E-state index contributed by atoms with van der Waals surface area (Å²) in [4.78, 5) is 12.5. The number of hydrogen-bond acceptors (Lipinski definition) is 5. The van der Waals surface area contributed by atoms with Crippen molar-refractivity contribution in [2.45, 2.75) is 19.3 Å². The third kappa shape index (κ3) is 6.53. The van der Waals surface area contributed by atoms with E-state index >= 15 is 0 Å². The molecule has 0 aliphatic heterocycles. The van der Waals surface area contributed by atoms with Gasteiger partial charge >= 0.3 is 29.6 Å². The second kappa shape index (κ2) is 10.9. The molecule has 0 radical (unpaired) electrons. The fourth-order valence-electron chi connectivity index (χ4n) is 2.95. The molecule has 2 aromatic carbocycles. The summed E-state index contributed by atoms with van der Waals surface area (Å²) in [7, 11) is -4.20. The Morgan fingerprint density at radius 3 is 1.97 bits per heavy atom. The van der Waals surface area contributed by atoms with Gasteiger partial charge in [-0.15, -0.1) is 0 Å². The average molecular weight is 439 g/mol. The summed E-state index contributed by atoms with van der Waals surface area (Å²) in [5, 5.41) is 9.49. The van der Waals surface area contributed by atoms with E-state index in [1.165, 1.54) is 16.8 Å². The van der Waals surface area contributed by atoms with Crippen LogP contribution in [0.5, 0.6) is 5.75 Å². The molecular formula is C21H22NNaO6S. The Morgan fingerprint density at radius 1 is 0.967 bits per heavy atom. The molecule has 0 aliphatic carbocycles. The molecule has 2 N–H and O–H groups in total. The van der Waals surface area contributed by atoms with Gasteiger partial charge in [-0.1, -0.05) is 60.7 Å². The molecule has 0 atom stereocenters. The van der Waals surface area contributed by atoms with Gasteiger partial charge in [0.25, 0.3) is 10.1 Å². The van der Waals surface area contributed by atoms with Gasteiger partial charge in [-0.3, -0.25) is 9.35 Å². The summed E-state index contributed by atoms with van der Waals surface area (Å²) < 4.78 is 38.6. The first-order valence-electron chi connectivity index (χ1n) is 8.93. The van der Waals surface area contributed by atoms with E-state index in [2.05, 4.69) is 0 Å². The fraction of sp³-hybridized carbons (Fsp3) is 0.190. The fourth-order valence-corrected chi connectivity index (χ4v) is 3.38. The maximum absolute atomic E-state index is 12.5. The molecule has 30 heavy (non-hydrogen) atoms. The van der Waals surface area contributed by atoms with Crippen LogP contribution in [0.3, 0.4) is 0 Å². The Labute approximate surface area is 197 Å². The van der Waals surface area contributed by atoms with Crippen molar-refractivity contribution in [3.8, 4) is 5.75 Å². The van der Waals surface area contributed by atoms with Crippen molar-refractivity contribution < 1.29 is 22.8 Å². The number of ether oxygens (including phenoxy) is 1. The molecule has 1 heterocycles. The molecule has 0 amide bonds. The molecule has 0 aliphatic rings. The Hall–Kier alpha value is -1.94. The van der Waals surface area contributed by atoms with Crippen LogP contribution >= 0.6 is 0 Å². The van der Waals surface area contributed by atoms with Crippen LogP contribution in [0.25, 0.3) is 0 Å². The molecule has 0 spiro atoms. The molecule has 3 rings (SSSR count). The van der Waals surface area contributed by atoms with Crippen molar-refractivity contribution in [3.63, 3.8) is 0 Å². The van der Waals surface area contributed by atoms with Gasteiger partial charge in [0.2, 0.25) is 5.43 Å². The van der Waals surface area contributed by atoms with Crippen LogP contribution in [0.4, 0.5) is 0 Å². The number of benzene rings is 2. The van der Waals surface area contributed by atoms with E-state index < -0.39 is 34.0 Å². The van der Waals surface area contributed by atoms with Crippen molar-refractivity contribution in [2.24, 2.45) is 0 Å². The third-order valence-corrected chi connectivity index (χ3v) is 5.08. The molecule has 3 aromatic rings. The first-order chi connectivity index (χ1) is 13.9. The Kier molecular flexibility index (Phi) is 8.84. The summed E-state index contributed by atoms with van der Waals surface area (Å²) >= 11 is 0. The van der Waals surface area contributed by atoms with Gasteiger partial charge in [-0.2, -0.15) is 8.42 Å². The average Bonchev–Trinajstić information content (AvgIpc) is 2.72. The van der Waals surface area contributed by atoms with Gasteiger partial charge in [0, 0.05) is 18.3 Å². The Bertz CT molecular complexity index is 1080. The summed E-state index contributed by atoms with van der Waals surface area (Å²) in [5.41, 5.74) is 1.47. The molecule has 0 fully saturated rings. The number of aryl methyl sites for hydroxylation is 1. The van der Waals surface area contributed by atoms with E-state index in [1.807, 2.05) is 60.7 Å². The van der Waals surface area contributed by atoms with Gasteiger partial charge in [0.15, 0.2) is 5.75 Å². The number of aromatic nitrogens is 1. The predicted molar refractivity (Wildman–Crippen MR) is 116 cm³/mol. The number of pyridine rings is 1. The minimum absolute atomic E-state index is 0. The minimum atomic E-state index is -4.20. The van der Waals surface area contributed by atoms with E-state index in [4.69, 9.17) is 9.29 Å². The first kappa shape index (κ1) is 24.3. The zero-order chi connectivity index (χ0) is 20.9. The standard InChI is InChI=1S/C21H21NO6S.Na.H/c23-15-18-13-19(24)20(14-22(18)11-12-29(25,26)27)28-21(16-7-3-1-4-8-16)17-9-5-2-6-10-17;;/h1-10,13-14,21,23H,11-12,15H2,(H,25,26,27);;. The quantitative estimate of drug-likeness (QED) is 0.409. The molecule has 7 nitrogen and oxygen atoms in total. The molecule has 0 saturated heterocycles. The zero-order valence-electron chi connectivity index (χ0n) is 15.5. The number of rotatable bonds is 8. The van der Waals surface area contributed by atoms with Crippen LogP contribution in [0, 0.1) is 0 Å². The van der Waals surface area contributed by atoms with Gasteiger partial charge in [-0.25, -0.2) is 0 Å². The molecule has 1 aromatic heterocycles. The summed E-state index contributed by atoms with van der Waals surface area (Å²) in [6.45, 7) is -0.589. The second-order valence-electron chi connectivity index (χ2n) is 6.45. The van der Waals surface area contributed by atoms with Gasteiger partial charge in [0.1, 0.15) is 6.10 Å². The van der Waals surface area contributed by atoms with Crippen LogP contribution in [0.1, 0.15) is 22.9 Å². The third-order valence-electron chi connectivity index (χ3n) is 4.38. The Morgan fingerprint density at radius 2 is 1.50 bits per heavy atom. The second-order valence-corrected chi connectivity index (χ2v) is 8.02. The summed E-state index contributed by atoms with van der Waals surface area (Å²) in [6.07, 6.45) is 0.804. The maximum atomic E-state index is 12.5. The normalized spacial score (nSPS) is 11.2. The molecule has 0 bridgehead atoms. The predicted octanol–water partition coefficient (Wildman–Crippen LogP) is 1.75. The van der Waals surface area contributed by atoms with E-state index in [1.54, 1.807) is 0 Å². The van der Waals surface area contributed by atoms with E-state index in [9.17, 15) is 18.3 Å². The van der Waals surface area contributed by atoms with Gasteiger partial charge < -0.3 is 14.4 Å². The van der Waals surface area contributed by atoms with Crippen molar-refractivity contribution >= 4 is 39.7 Å². The van der Waals surface area contributed by atoms with Gasteiger partial charge in [-0.05, 0) is 11.1 Å². The van der Waals surface area contributed by atoms with Crippen molar-refractivity contribution in [3.05, 3.63) is 100.0 Å². The number of aliphatic hydroxyl groups excluding tert-OH is 1. The van der Waals surface area contributed by atoms with Crippen molar-refractivity contribution in [1.82, 2.24) is 4.57 Å². The van der Waals surface area contributed by atoms with Crippen LogP contribution in [-0.4, -0.2) is 58.0 Å². The SMILES string of the molecule is O=c1cc(CO)n(CCS(=O)(=O)O)cc1OC(c1ccccc1)c1ccccc1.[NaH]. The van der Waals surface area contributed by atoms with E-state index in [0.29, 0.717) is 0 Å². The molecule has 9 heteroatoms. The summed E-state index contributed by atoms with van der Waals surface area (Å²) in [5.74, 6) is -0.543. The van der Waals surface area contributed by atoms with Crippen molar-refractivity contribution in [1.29, 1.82) is 0 Å². The Balaban J connectivity index is 0.00000320. The number of nitrogens with zero attached hydrogens (tertiary/aromatic N) is 1. The van der Waals surface area contributed by atoms with Crippen LogP contribution in [-0.2, 0) is 23.3 Å². The first-order valence-corrected chi connectivity index (χ1v) is 10.5. The van der Waals surface area contributed by atoms with Crippen LogP contribution < -0.4 is 10.2 Å². The summed E-state index contributed by atoms with van der Waals surface area (Å²) in [6, 6.07) is 20.0. The van der Waals surface area contributed by atoms with Crippen LogP contribution in [0.2, 0.25) is 0 Å².